The van der Waals surface area contributed by atoms with E-state index in [0.29, 0.717) is 12.5 Å². The van der Waals surface area contributed by atoms with E-state index in [1.54, 1.807) is 0 Å². The van der Waals surface area contributed by atoms with Gasteiger partial charge in [0, 0.05) is 13.1 Å². The number of guanidine groups is 1. The Morgan fingerprint density at radius 2 is 1.90 bits per heavy atom. The van der Waals surface area contributed by atoms with E-state index in [-0.39, 0.29) is 0 Å². The third kappa shape index (κ3) is 7.14. The second-order valence-corrected chi connectivity index (χ2v) is 5.26. The van der Waals surface area contributed by atoms with Crippen LogP contribution in [0.15, 0.2) is 29.3 Å². The van der Waals surface area contributed by atoms with Gasteiger partial charge in [-0.15, -0.1) is 0 Å². The first-order valence-corrected chi connectivity index (χ1v) is 8.03. The Bertz CT molecular complexity index is 425. The SMILES string of the molecule is CCCCNC(N)=NCc1cccc(CN(CC)CC)c1. The number of hydrogen-bond donors (Lipinski definition) is 2. The van der Waals surface area contributed by atoms with Gasteiger partial charge in [0.2, 0.25) is 0 Å². The van der Waals surface area contributed by atoms with Crippen LogP contribution in [0.25, 0.3) is 0 Å². The minimum absolute atomic E-state index is 0.539. The zero-order valence-corrected chi connectivity index (χ0v) is 13.7. The van der Waals surface area contributed by atoms with Crippen molar-refractivity contribution in [2.75, 3.05) is 19.6 Å². The Hall–Kier alpha value is -1.55. The Labute approximate surface area is 129 Å². The summed E-state index contributed by atoms with van der Waals surface area (Å²) in [5.74, 6) is 0.539. The van der Waals surface area contributed by atoms with Crippen molar-refractivity contribution >= 4 is 5.96 Å². The molecule has 118 valence electrons. The van der Waals surface area contributed by atoms with Crippen molar-refractivity contribution in [2.24, 2.45) is 10.7 Å². The number of hydrogen-bond acceptors (Lipinski definition) is 2. The van der Waals surface area contributed by atoms with E-state index in [0.717, 1.165) is 39.0 Å². The molecule has 3 N–H and O–H groups in total. The predicted molar refractivity (Wildman–Crippen MR) is 91.3 cm³/mol. The molecule has 0 bridgehead atoms. The van der Waals surface area contributed by atoms with Crippen LogP contribution in [0.3, 0.4) is 0 Å². The van der Waals surface area contributed by atoms with Gasteiger partial charge in [-0.1, -0.05) is 51.5 Å². The number of unbranched alkanes of at least 4 members (excludes halogenated alkanes) is 1. The lowest BCUT2D eigenvalue weighted by Crippen LogP contribution is -2.32. The van der Waals surface area contributed by atoms with Gasteiger partial charge in [-0.3, -0.25) is 4.90 Å². The Kier molecular flexibility index (Phi) is 8.51. The maximum absolute atomic E-state index is 5.85. The van der Waals surface area contributed by atoms with Crippen LogP contribution >= 0.6 is 0 Å². The molecule has 0 heterocycles. The van der Waals surface area contributed by atoms with Gasteiger partial charge in [-0.05, 0) is 30.6 Å². The topological polar surface area (TPSA) is 53.6 Å². The Morgan fingerprint density at radius 1 is 1.19 bits per heavy atom. The molecule has 0 aliphatic carbocycles. The summed E-state index contributed by atoms with van der Waals surface area (Å²) in [6.45, 7) is 11.2. The van der Waals surface area contributed by atoms with Crippen LogP contribution in [0.4, 0.5) is 0 Å². The number of nitrogens with one attached hydrogen (secondary N) is 1. The fourth-order valence-electron chi connectivity index (χ4n) is 2.16. The van der Waals surface area contributed by atoms with Gasteiger partial charge < -0.3 is 11.1 Å². The van der Waals surface area contributed by atoms with E-state index >= 15 is 0 Å². The van der Waals surface area contributed by atoms with Crippen LogP contribution in [0, 0.1) is 0 Å². The molecular weight excluding hydrogens is 260 g/mol. The summed E-state index contributed by atoms with van der Waals surface area (Å²) in [6, 6.07) is 8.61. The molecule has 0 fully saturated rings. The van der Waals surface area contributed by atoms with Gasteiger partial charge in [0.1, 0.15) is 0 Å². The first-order chi connectivity index (χ1) is 10.2. The molecule has 0 amide bonds. The molecule has 4 nitrogen and oxygen atoms in total. The fourth-order valence-corrected chi connectivity index (χ4v) is 2.16. The van der Waals surface area contributed by atoms with Crippen LogP contribution in [-0.2, 0) is 13.1 Å². The highest BCUT2D eigenvalue weighted by atomic mass is 15.1. The maximum atomic E-state index is 5.85. The van der Waals surface area contributed by atoms with E-state index in [1.807, 2.05) is 0 Å². The van der Waals surface area contributed by atoms with Crippen molar-refractivity contribution in [1.29, 1.82) is 0 Å². The minimum Gasteiger partial charge on any atom is -0.370 e. The lowest BCUT2D eigenvalue weighted by molar-refractivity contribution is 0.296. The largest absolute Gasteiger partial charge is 0.370 e. The zero-order chi connectivity index (χ0) is 15.5. The molecule has 0 saturated carbocycles. The first kappa shape index (κ1) is 17.5. The van der Waals surface area contributed by atoms with Gasteiger partial charge in [0.15, 0.2) is 5.96 Å². The summed E-state index contributed by atoms with van der Waals surface area (Å²) in [5.41, 5.74) is 8.40. The quantitative estimate of drug-likeness (QED) is 0.418. The zero-order valence-electron chi connectivity index (χ0n) is 13.7. The van der Waals surface area contributed by atoms with Crippen LogP contribution in [-0.4, -0.2) is 30.5 Å². The average molecular weight is 290 g/mol. The summed E-state index contributed by atoms with van der Waals surface area (Å²) in [6.07, 6.45) is 2.28. The molecule has 4 heteroatoms. The third-order valence-electron chi connectivity index (χ3n) is 3.56. The van der Waals surface area contributed by atoms with E-state index in [2.05, 4.69) is 60.2 Å². The van der Waals surface area contributed by atoms with Crippen molar-refractivity contribution in [2.45, 2.75) is 46.7 Å². The maximum Gasteiger partial charge on any atom is 0.188 e. The number of nitrogens with zero attached hydrogens (tertiary/aromatic N) is 2. The molecule has 0 atom stereocenters. The fraction of sp³-hybridized carbons (Fsp3) is 0.588. The van der Waals surface area contributed by atoms with Gasteiger partial charge >= 0.3 is 0 Å². The number of nitrogens with two attached hydrogens (primary N) is 1. The van der Waals surface area contributed by atoms with Crippen molar-refractivity contribution in [3.05, 3.63) is 35.4 Å². The highest BCUT2D eigenvalue weighted by molar-refractivity contribution is 5.77. The van der Waals surface area contributed by atoms with Crippen molar-refractivity contribution in [3.8, 4) is 0 Å². The number of aliphatic imine (C=N–C) groups is 1. The molecule has 0 saturated heterocycles. The number of rotatable bonds is 9. The van der Waals surface area contributed by atoms with Crippen LogP contribution < -0.4 is 11.1 Å². The highest BCUT2D eigenvalue weighted by Crippen LogP contribution is 2.09. The molecular formula is C17H30N4. The third-order valence-corrected chi connectivity index (χ3v) is 3.56. The molecule has 0 aromatic heterocycles. The van der Waals surface area contributed by atoms with E-state index < -0.39 is 0 Å². The highest BCUT2D eigenvalue weighted by Gasteiger charge is 2.02. The van der Waals surface area contributed by atoms with Gasteiger partial charge in [-0.25, -0.2) is 4.99 Å². The van der Waals surface area contributed by atoms with Gasteiger partial charge in [0.05, 0.1) is 6.54 Å². The summed E-state index contributed by atoms with van der Waals surface area (Å²) in [5, 5.41) is 3.14. The standard InChI is InChI=1S/C17H30N4/c1-4-7-11-19-17(18)20-13-15-9-8-10-16(12-15)14-21(5-2)6-3/h8-10,12H,4-7,11,13-14H2,1-3H3,(H3,18,19,20). The molecule has 0 radical (unpaired) electrons. The summed E-state index contributed by atoms with van der Waals surface area (Å²) in [4.78, 5) is 6.80. The van der Waals surface area contributed by atoms with Crippen LogP contribution in [0.5, 0.6) is 0 Å². The van der Waals surface area contributed by atoms with Gasteiger partial charge in [-0.2, -0.15) is 0 Å². The van der Waals surface area contributed by atoms with Crippen molar-refractivity contribution in [1.82, 2.24) is 10.2 Å². The second kappa shape index (κ2) is 10.2. The number of benzene rings is 1. The molecule has 1 aromatic carbocycles. The normalized spacial score (nSPS) is 11.9. The molecule has 1 aromatic rings. The molecule has 0 aliphatic rings. The van der Waals surface area contributed by atoms with Gasteiger partial charge in [0.25, 0.3) is 0 Å². The molecule has 21 heavy (non-hydrogen) atoms. The predicted octanol–water partition coefficient (Wildman–Crippen LogP) is 2.73. The minimum atomic E-state index is 0.539. The van der Waals surface area contributed by atoms with E-state index in [1.165, 1.54) is 11.1 Å². The van der Waals surface area contributed by atoms with E-state index in [4.69, 9.17) is 5.73 Å². The van der Waals surface area contributed by atoms with E-state index in [9.17, 15) is 0 Å². The molecule has 0 spiro atoms. The second-order valence-electron chi connectivity index (χ2n) is 5.26. The molecule has 1 rings (SSSR count). The van der Waals surface area contributed by atoms with Crippen LogP contribution in [0.1, 0.15) is 44.7 Å². The smallest absolute Gasteiger partial charge is 0.188 e. The van der Waals surface area contributed by atoms with Crippen molar-refractivity contribution in [3.63, 3.8) is 0 Å². The average Bonchev–Trinajstić information content (AvgIpc) is 2.51. The summed E-state index contributed by atoms with van der Waals surface area (Å²) < 4.78 is 0. The summed E-state index contributed by atoms with van der Waals surface area (Å²) in [7, 11) is 0. The summed E-state index contributed by atoms with van der Waals surface area (Å²) >= 11 is 0. The molecule has 0 unspecified atom stereocenters. The monoisotopic (exact) mass is 290 g/mol. The Morgan fingerprint density at radius 3 is 2.57 bits per heavy atom. The van der Waals surface area contributed by atoms with Crippen LogP contribution in [0.2, 0.25) is 0 Å². The molecule has 0 aliphatic heterocycles. The lowest BCUT2D eigenvalue weighted by atomic mass is 10.1. The Balaban J connectivity index is 2.54. The van der Waals surface area contributed by atoms with Crippen molar-refractivity contribution < 1.29 is 0 Å². The first-order valence-electron chi connectivity index (χ1n) is 8.03. The lowest BCUT2D eigenvalue weighted by Gasteiger charge is -2.18.